The first-order chi connectivity index (χ1) is 15.9. The third-order valence-corrected chi connectivity index (χ3v) is 8.22. The molecule has 1 aliphatic carbocycles. The van der Waals surface area contributed by atoms with E-state index in [1.165, 1.54) is 4.31 Å². The average molecular weight is 487 g/mol. The Morgan fingerprint density at radius 3 is 2.30 bits per heavy atom. The Kier molecular flexibility index (Phi) is 5.94. The molecule has 0 radical (unpaired) electrons. The number of benzene rings is 2. The van der Waals surface area contributed by atoms with E-state index in [0.29, 0.717) is 59.8 Å². The Balaban J connectivity index is 1.20. The monoisotopic (exact) mass is 486 g/mol. The average Bonchev–Trinajstić information content (AvgIpc) is 3.57. The van der Waals surface area contributed by atoms with Crippen LogP contribution < -0.4 is 5.32 Å². The summed E-state index contributed by atoms with van der Waals surface area (Å²) < 4.78 is 32.9. The minimum atomic E-state index is -3.65. The van der Waals surface area contributed by atoms with Gasteiger partial charge in [-0.25, -0.2) is 8.42 Å². The number of anilines is 1. The number of amides is 1. The Bertz CT molecular complexity index is 1250. The van der Waals surface area contributed by atoms with Crippen molar-refractivity contribution >= 4 is 33.2 Å². The number of hydrogen-bond donors (Lipinski definition) is 1. The molecule has 10 heteroatoms. The van der Waals surface area contributed by atoms with Gasteiger partial charge in [-0.1, -0.05) is 16.8 Å². The van der Waals surface area contributed by atoms with E-state index >= 15 is 0 Å². The molecule has 5 rings (SSSR count). The van der Waals surface area contributed by atoms with E-state index in [1.54, 1.807) is 48.5 Å². The maximum Gasteiger partial charge on any atom is 0.243 e. The van der Waals surface area contributed by atoms with E-state index in [2.05, 4.69) is 15.5 Å². The molecule has 2 fully saturated rings. The number of aromatic nitrogens is 2. The van der Waals surface area contributed by atoms with E-state index < -0.39 is 10.0 Å². The first-order valence-electron chi connectivity index (χ1n) is 10.9. The second kappa shape index (κ2) is 8.89. The molecule has 1 amide bonds. The molecule has 1 aromatic heterocycles. The zero-order valence-electron chi connectivity index (χ0n) is 17.8. The largest absolute Gasteiger partial charge is 0.339 e. The van der Waals surface area contributed by atoms with Gasteiger partial charge >= 0.3 is 0 Å². The van der Waals surface area contributed by atoms with E-state index in [0.717, 1.165) is 12.8 Å². The number of sulfonamides is 1. The number of carbonyl (C=O) groups excluding carboxylic acids is 1. The number of hydrogen-bond acceptors (Lipinski definition) is 6. The van der Waals surface area contributed by atoms with Gasteiger partial charge in [0.1, 0.15) is 0 Å². The predicted molar refractivity (Wildman–Crippen MR) is 123 cm³/mol. The summed E-state index contributed by atoms with van der Waals surface area (Å²) >= 11 is 5.87. The lowest BCUT2D eigenvalue weighted by Crippen LogP contribution is -2.41. The maximum absolute atomic E-state index is 13.1. The molecule has 2 aromatic carbocycles. The van der Waals surface area contributed by atoms with Gasteiger partial charge in [-0.05, 0) is 74.2 Å². The molecule has 1 aliphatic heterocycles. The smallest absolute Gasteiger partial charge is 0.243 e. The Labute approximate surface area is 197 Å². The summed E-state index contributed by atoms with van der Waals surface area (Å²) in [5.74, 6) is 1.12. The van der Waals surface area contributed by atoms with Gasteiger partial charge in [0.2, 0.25) is 27.6 Å². The van der Waals surface area contributed by atoms with Gasteiger partial charge in [0.25, 0.3) is 0 Å². The molecule has 0 spiro atoms. The Hall–Kier alpha value is -2.75. The van der Waals surface area contributed by atoms with Crippen molar-refractivity contribution in [2.24, 2.45) is 5.92 Å². The van der Waals surface area contributed by atoms with Crippen molar-refractivity contribution in [1.82, 2.24) is 14.4 Å². The maximum atomic E-state index is 13.1. The van der Waals surface area contributed by atoms with Crippen LogP contribution in [0.25, 0.3) is 11.4 Å². The Morgan fingerprint density at radius 1 is 1.00 bits per heavy atom. The number of nitrogens with zero attached hydrogens (tertiary/aromatic N) is 3. The fourth-order valence-corrected chi connectivity index (χ4v) is 5.51. The summed E-state index contributed by atoms with van der Waals surface area (Å²) in [5, 5.41) is 7.47. The first-order valence-corrected chi connectivity index (χ1v) is 12.7. The number of rotatable bonds is 6. The fraction of sp³-hybridized carbons (Fsp3) is 0.348. The van der Waals surface area contributed by atoms with Crippen molar-refractivity contribution in [3.8, 4) is 11.4 Å². The second-order valence-corrected chi connectivity index (χ2v) is 10.8. The molecule has 1 saturated heterocycles. The van der Waals surface area contributed by atoms with Crippen LogP contribution in [-0.4, -0.2) is 41.9 Å². The van der Waals surface area contributed by atoms with Crippen LogP contribution in [0.3, 0.4) is 0 Å². The third kappa shape index (κ3) is 4.80. The van der Waals surface area contributed by atoms with E-state index in [9.17, 15) is 13.2 Å². The zero-order chi connectivity index (χ0) is 23.0. The summed E-state index contributed by atoms with van der Waals surface area (Å²) in [6.07, 6.45) is 3.06. The zero-order valence-corrected chi connectivity index (χ0v) is 19.3. The van der Waals surface area contributed by atoms with Crippen LogP contribution in [0.1, 0.15) is 37.5 Å². The minimum Gasteiger partial charge on any atom is -0.339 e. The summed E-state index contributed by atoms with van der Waals surface area (Å²) in [4.78, 5) is 17.2. The second-order valence-electron chi connectivity index (χ2n) is 8.43. The van der Waals surface area contributed by atoms with Crippen LogP contribution in [0.5, 0.6) is 0 Å². The lowest BCUT2D eigenvalue weighted by Gasteiger charge is -2.30. The Morgan fingerprint density at radius 2 is 1.67 bits per heavy atom. The summed E-state index contributed by atoms with van der Waals surface area (Å²) in [7, 11) is -3.65. The minimum absolute atomic E-state index is 0.107. The lowest BCUT2D eigenvalue weighted by atomic mass is 9.97. The molecule has 2 heterocycles. The third-order valence-electron chi connectivity index (χ3n) is 6.06. The summed E-state index contributed by atoms with van der Waals surface area (Å²) in [6, 6.07) is 13.4. The molecule has 33 heavy (non-hydrogen) atoms. The quantitative estimate of drug-likeness (QED) is 0.556. The van der Waals surface area contributed by atoms with Gasteiger partial charge in [0.15, 0.2) is 0 Å². The summed E-state index contributed by atoms with van der Waals surface area (Å²) in [5.41, 5.74) is 1.38. The number of carbonyl (C=O) groups is 1. The van der Waals surface area contributed by atoms with Gasteiger partial charge in [0, 0.05) is 41.2 Å². The molecule has 0 atom stereocenters. The van der Waals surface area contributed by atoms with Crippen LogP contribution in [0, 0.1) is 5.92 Å². The van der Waals surface area contributed by atoms with Gasteiger partial charge in [-0.3, -0.25) is 4.79 Å². The van der Waals surface area contributed by atoms with Crippen molar-refractivity contribution in [3.63, 3.8) is 0 Å². The molecular weight excluding hydrogens is 464 g/mol. The predicted octanol–water partition coefficient (Wildman–Crippen LogP) is 4.31. The van der Waals surface area contributed by atoms with E-state index in [4.69, 9.17) is 16.1 Å². The number of piperidine rings is 1. The molecule has 172 valence electrons. The summed E-state index contributed by atoms with van der Waals surface area (Å²) in [6.45, 7) is 0.580. The standard InChI is InChI=1S/C23H23ClN4O4S/c24-18-5-7-19(8-6-18)25-22(29)16-11-13-28(14-12-16)33(30,31)20-9-3-15(4-10-20)21-26-23(32-27-21)17-1-2-17/h3-10,16-17H,1-2,11-14H2,(H,25,29). The van der Waals surface area contributed by atoms with Gasteiger partial charge in [-0.2, -0.15) is 9.29 Å². The van der Waals surface area contributed by atoms with Crippen molar-refractivity contribution in [1.29, 1.82) is 0 Å². The van der Waals surface area contributed by atoms with Crippen LogP contribution in [0.15, 0.2) is 57.9 Å². The molecule has 8 nitrogen and oxygen atoms in total. The highest BCUT2D eigenvalue weighted by Crippen LogP contribution is 2.39. The molecule has 0 bridgehead atoms. The fourth-order valence-electron chi connectivity index (χ4n) is 3.91. The highest BCUT2D eigenvalue weighted by molar-refractivity contribution is 7.89. The van der Waals surface area contributed by atoms with Gasteiger partial charge in [0.05, 0.1) is 4.90 Å². The van der Waals surface area contributed by atoms with Crippen LogP contribution in [0.2, 0.25) is 5.02 Å². The van der Waals surface area contributed by atoms with Crippen molar-refractivity contribution < 1.29 is 17.7 Å². The molecule has 0 unspecified atom stereocenters. The van der Waals surface area contributed by atoms with E-state index in [-0.39, 0.29) is 16.7 Å². The van der Waals surface area contributed by atoms with Crippen molar-refractivity contribution in [2.75, 3.05) is 18.4 Å². The SMILES string of the molecule is O=C(Nc1ccc(Cl)cc1)C1CCN(S(=O)(=O)c2ccc(-c3noc(C4CC4)n3)cc2)CC1. The first kappa shape index (κ1) is 22.1. The topological polar surface area (TPSA) is 105 Å². The van der Waals surface area contributed by atoms with Crippen LogP contribution in [0.4, 0.5) is 5.69 Å². The molecule has 3 aromatic rings. The van der Waals surface area contributed by atoms with Crippen molar-refractivity contribution in [3.05, 3.63) is 59.4 Å². The van der Waals surface area contributed by atoms with Crippen LogP contribution in [-0.2, 0) is 14.8 Å². The van der Waals surface area contributed by atoms with E-state index in [1.807, 2.05) is 0 Å². The molecule has 2 aliphatic rings. The molecule has 1 saturated carbocycles. The lowest BCUT2D eigenvalue weighted by molar-refractivity contribution is -0.120. The molecule has 1 N–H and O–H groups in total. The van der Waals surface area contributed by atoms with Crippen LogP contribution >= 0.6 is 11.6 Å². The highest BCUT2D eigenvalue weighted by atomic mass is 35.5. The normalized spacial score (nSPS) is 17.7. The molecular formula is C23H23ClN4O4S. The van der Waals surface area contributed by atoms with Gasteiger partial charge < -0.3 is 9.84 Å². The van der Waals surface area contributed by atoms with Gasteiger partial charge in [-0.15, -0.1) is 0 Å². The highest BCUT2D eigenvalue weighted by Gasteiger charge is 2.33. The number of nitrogens with one attached hydrogen (secondary N) is 1. The van der Waals surface area contributed by atoms with Crippen molar-refractivity contribution in [2.45, 2.75) is 36.5 Å². The number of halogens is 1.